The van der Waals surface area contributed by atoms with Gasteiger partial charge in [-0.15, -0.1) is 0 Å². The molecule has 0 bridgehead atoms. The molecule has 2 heterocycles. The second kappa shape index (κ2) is 6.73. The van der Waals surface area contributed by atoms with Crippen molar-refractivity contribution in [1.29, 1.82) is 0 Å². The summed E-state index contributed by atoms with van der Waals surface area (Å²) < 4.78 is 12.6. The summed E-state index contributed by atoms with van der Waals surface area (Å²) in [5, 5.41) is 3.95. The molecule has 0 unspecified atom stereocenters. The van der Waals surface area contributed by atoms with Crippen LogP contribution in [-0.4, -0.2) is 22.5 Å². The van der Waals surface area contributed by atoms with Crippen molar-refractivity contribution in [1.82, 2.24) is 9.99 Å². The molecule has 6 heteroatoms. The van der Waals surface area contributed by atoms with Gasteiger partial charge in [-0.2, -0.15) is 5.10 Å². The lowest BCUT2D eigenvalue weighted by atomic mass is 10.2. The summed E-state index contributed by atoms with van der Waals surface area (Å²) in [6.07, 6.45) is 2.71. The highest BCUT2D eigenvalue weighted by Gasteiger charge is 2.15. The monoisotopic (exact) mass is 317 g/mol. The van der Waals surface area contributed by atoms with E-state index in [1.807, 2.05) is 32.0 Å². The molecule has 0 radical (unpaired) electrons. The molecule has 2 rings (SSSR count). The minimum absolute atomic E-state index is 0.543. The Kier molecular flexibility index (Phi) is 4.93. The lowest BCUT2D eigenvalue weighted by molar-refractivity contribution is 0.0529. The molecule has 2 aromatic heterocycles. The van der Waals surface area contributed by atoms with Crippen LogP contribution in [0.4, 0.5) is 4.79 Å². The van der Waals surface area contributed by atoms with E-state index >= 15 is 0 Å². The topological polar surface area (TPSA) is 68.8 Å². The normalized spacial score (nSPS) is 11.9. The molecule has 2 aromatic rings. The van der Waals surface area contributed by atoms with Crippen molar-refractivity contribution in [3.8, 4) is 0 Å². The zero-order valence-electron chi connectivity index (χ0n) is 14.2. The number of nitrogens with one attached hydrogen (secondary N) is 1. The van der Waals surface area contributed by atoms with Crippen molar-refractivity contribution >= 4 is 12.3 Å². The number of nitrogens with zero attached hydrogens (tertiary/aromatic N) is 2. The number of carbonyl (C=O) groups is 1. The third-order valence-electron chi connectivity index (χ3n) is 3.27. The summed E-state index contributed by atoms with van der Waals surface area (Å²) in [6, 6.07) is 5.83. The molecule has 6 nitrogen and oxygen atoms in total. The number of amides is 1. The second-order valence-corrected chi connectivity index (χ2v) is 6.36. The first-order valence-electron chi connectivity index (χ1n) is 7.47. The lowest BCUT2D eigenvalue weighted by Gasteiger charge is -2.18. The van der Waals surface area contributed by atoms with Gasteiger partial charge in [0, 0.05) is 17.0 Å². The van der Waals surface area contributed by atoms with Crippen LogP contribution in [0.5, 0.6) is 0 Å². The van der Waals surface area contributed by atoms with E-state index in [0.29, 0.717) is 6.54 Å². The van der Waals surface area contributed by atoms with Gasteiger partial charge in [-0.25, -0.2) is 10.2 Å². The molecule has 124 valence electrons. The maximum absolute atomic E-state index is 11.6. The van der Waals surface area contributed by atoms with Crippen LogP contribution in [0.3, 0.4) is 0 Å². The number of hydrogen-bond donors (Lipinski definition) is 1. The number of ether oxygens (including phenoxy) is 1. The van der Waals surface area contributed by atoms with Gasteiger partial charge >= 0.3 is 6.09 Å². The SMILES string of the molecule is Cc1cc(/C=N\NC(=O)OC(C)(C)C)c(C)n1Cc1ccco1. The van der Waals surface area contributed by atoms with E-state index in [1.165, 1.54) is 0 Å². The molecule has 0 aliphatic heterocycles. The van der Waals surface area contributed by atoms with Gasteiger partial charge in [0.05, 0.1) is 19.0 Å². The number of rotatable bonds is 4. The minimum Gasteiger partial charge on any atom is -0.467 e. The van der Waals surface area contributed by atoms with Gasteiger partial charge in [-0.05, 0) is 52.8 Å². The predicted molar refractivity (Wildman–Crippen MR) is 88.7 cm³/mol. The van der Waals surface area contributed by atoms with Crippen LogP contribution in [0.25, 0.3) is 0 Å². The smallest absolute Gasteiger partial charge is 0.428 e. The van der Waals surface area contributed by atoms with Crippen LogP contribution >= 0.6 is 0 Å². The summed E-state index contributed by atoms with van der Waals surface area (Å²) in [6.45, 7) is 10.1. The summed E-state index contributed by atoms with van der Waals surface area (Å²) >= 11 is 0. The number of carbonyl (C=O) groups excluding carboxylic acids is 1. The number of aromatic nitrogens is 1. The fraction of sp³-hybridized carbons (Fsp3) is 0.412. The molecule has 0 aliphatic rings. The molecule has 0 saturated heterocycles. The highest BCUT2D eigenvalue weighted by molar-refractivity contribution is 5.82. The highest BCUT2D eigenvalue weighted by atomic mass is 16.6. The predicted octanol–water partition coefficient (Wildman–Crippen LogP) is 3.60. The number of hydrazone groups is 1. The number of hydrogen-bond acceptors (Lipinski definition) is 4. The zero-order chi connectivity index (χ0) is 17.0. The average Bonchev–Trinajstić information content (AvgIpc) is 3.01. The van der Waals surface area contributed by atoms with Gasteiger partial charge in [0.2, 0.25) is 0 Å². The Morgan fingerprint density at radius 2 is 2.17 bits per heavy atom. The van der Waals surface area contributed by atoms with Crippen molar-refractivity contribution < 1.29 is 13.9 Å². The van der Waals surface area contributed by atoms with Crippen molar-refractivity contribution in [2.75, 3.05) is 0 Å². The fourth-order valence-electron chi connectivity index (χ4n) is 2.22. The van der Waals surface area contributed by atoms with Crippen molar-refractivity contribution in [2.45, 2.75) is 46.8 Å². The highest BCUT2D eigenvalue weighted by Crippen LogP contribution is 2.16. The van der Waals surface area contributed by atoms with E-state index in [1.54, 1.807) is 33.2 Å². The molecule has 0 atom stereocenters. The van der Waals surface area contributed by atoms with Gasteiger partial charge in [0.25, 0.3) is 0 Å². The van der Waals surface area contributed by atoms with E-state index in [9.17, 15) is 4.79 Å². The quantitative estimate of drug-likeness (QED) is 0.692. The third-order valence-corrected chi connectivity index (χ3v) is 3.27. The van der Waals surface area contributed by atoms with Crippen LogP contribution in [0, 0.1) is 13.8 Å². The molecule has 0 fully saturated rings. The summed E-state index contributed by atoms with van der Waals surface area (Å²) in [4.78, 5) is 11.6. The Morgan fingerprint density at radius 3 is 2.78 bits per heavy atom. The minimum atomic E-state index is -0.571. The van der Waals surface area contributed by atoms with E-state index < -0.39 is 11.7 Å². The van der Waals surface area contributed by atoms with Crippen LogP contribution in [0.2, 0.25) is 0 Å². The van der Waals surface area contributed by atoms with Crippen LogP contribution in [0.15, 0.2) is 34.0 Å². The maximum atomic E-state index is 11.6. The molecule has 1 amide bonds. The molecule has 0 aromatic carbocycles. The van der Waals surface area contributed by atoms with Gasteiger partial charge < -0.3 is 13.7 Å². The molecular formula is C17H23N3O3. The molecule has 1 N–H and O–H groups in total. The first-order chi connectivity index (χ1) is 10.8. The zero-order valence-corrected chi connectivity index (χ0v) is 14.2. The Hall–Kier alpha value is -2.50. The first kappa shape index (κ1) is 16.9. The van der Waals surface area contributed by atoms with Gasteiger partial charge in [-0.1, -0.05) is 0 Å². The molecule has 0 aliphatic carbocycles. The Bertz CT molecular complexity index is 691. The third kappa shape index (κ3) is 4.74. The van der Waals surface area contributed by atoms with Crippen molar-refractivity contribution in [3.05, 3.63) is 47.2 Å². The number of furan rings is 1. The maximum Gasteiger partial charge on any atom is 0.428 e. The van der Waals surface area contributed by atoms with E-state index in [0.717, 1.165) is 22.7 Å². The van der Waals surface area contributed by atoms with E-state index in [2.05, 4.69) is 15.1 Å². The largest absolute Gasteiger partial charge is 0.467 e. The van der Waals surface area contributed by atoms with Gasteiger partial charge in [0.1, 0.15) is 11.4 Å². The molecule has 0 saturated carbocycles. The summed E-state index contributed by atoms with van der Waals surface area (Å²) in [5.74, 6) is 0.891. The Morgan fingerprint density at radius 1 is 1.43 bits per heavy atom. The number of aryl methyl sites for hydroxylation is 1. The van der Waals surface area contributed by atoms with Gasteiger partial charge in [-0.3, -0.25) is 0 Å². The summed E-state index contributed by atoms with van der Waals surface area (Å²) in [7, 11) is 0. The van der Waals surface area contributed by atoms with Crippen LogP contribution < -0.4 is 5.43 Å². The first-order valence-corrected chi connectivity index (χ1v) is 7.47. The standard InChI is InChI=1S/C17H23N3O3/c1-12-9-14(10-18-19-16(21)23-17(3,4)5)13(2)20(12)11-15-7-6-8-22-15/h6-10H,11H2,1-5H3,(H,19,21)/b18-10-. The average molecular weight is 317 g/mol. The molecular weight excluding hydrogens is 294 g/mol. The Labute approximate surface area is 136 Å². The van der Waals surface area contributed by atoms with E-state index in [-0.39, 0.29) is 0 Å². The molecule has 23 heavy (non-hydrogen) atoms. The fourth-order valence-corrected chi connectivity index (χ4v) is 2.22. The second-order valence-electron chi connectivity index (χ2n) is 6.36. The lowest BCUT2D eigenvalue weighted by Crippen LogP contribution is -2.29. The van der Waals surface area contributed by atoms with E-state index in [4.69, 9.17) is 9.15 Å². The van der Waals surface area contributed by atoms with Crippen LogP contribution in [0.1, 0.15) is 43.5 Å². The Balaban J connectivity index is 2.03. The van der Waals surface area contributed by atoms with Crippen molar-refractivity contribution in [3.63, 3.8) is 0 Å². The molecule has 0 spiro atoms. The van der Waals surface area contributed by atoms with Crippen molar-refractivity contribution in [2.24, 2.45) is 5.10 Å². The van der Waals surface area contributed by atoms with Crippen LogP contribution in [-0.2, 0) is 11.3 Å². The van der Waals surface area contributed by atoms with Gasteiger partial charge in [0.15, 0.2) is 0 Å². The summed E-state index contributed by atoms with van der Waals surface area (Å²) in [5.41, 5.74) is 4.91.